The van der Waals surface area contributed by atoms with E-state index in [0.29, 0.717) is 37.8 Å². The van der Waals surface area contributed by atoms with Crippen LogP contribution in [-0.4, -0.2) is 83.6 Å². The summed E-state index contributed by atoms with van der Waals surface area (Å²) < 4.78 is 16.6. The van der Waals surface area contributed by atoms with Crippen LogP contribution in [0.5, 0.6) is 0 Å². The lowest BCUT2D eigenvalue weighted by Gasteiger charge is -2.37. The fourth-order valence-corrected chi connectivity index (χ4v) is 7.11. The molecule has 0 saturated carbocycles. The molecular formula is C49H58N4O9. The molecule has 0 bridgehead atoms. The molecule has 1 aliphatic rings. The predicted octanol–water partition coefficient (Wildman–Crippen LogP) is 6.49. The van der Waals surface area contributed by atoms with Crippen molar-refractivity contribution in [3.8, 4) is 0 Å². The smallest absolute Gasteiger partial charge is 0.408 e. The Labute approximate surface area is 363 Å². The van der Waals surface area contributed by atoms with Crippen molar-refractivity contribution in [3.63, 3.8) is 0 Å². The number of amides is 4. The predicted molar refractivity (Wildman–Crippen MR) is 233 cm³/mol. The van der Waals surface area contributed by atoms with Gasteiger partial charge in [0.25, 0.3) is 0 Å². The van der Waals surface area contributed by atoms with Gasteiger partial charge in [-0.2, -0.15) is 0 Å². The van der Waals surface area contributed by atoms with Gasteiger partial charge in [-0.1, -0.05) is 109 Å². The van der Waals surface area contributed by atoms with E-state index in [4.69, 9.17) is 14.2 Å². The van der Waals surface area contributed by atoms with Crippen LogP contribution in [0, 0.1) is 0 Å². The van der Waals surface area contributed by atoms with Crippen LogP contribution in [0.2, 0.25) is 0 Å². The number of hydrogen-bond acceptors (Lipinski definition) is 9. The second kappa shape index (κ2) is 23.5. The molecule has 0 radical (unpaired) electrons. The Morgan fingerprint density at radius 3 is 1.76 bits per heavy atom. The summed E-state index contributed by atoms with van der Waals surface area (Å²) in [6, 6.07) is 32.0. The number of unbranched alkanes of at least 4 members (excludes halogenated alkanes) is 1. The van der Waals surface area contributed by atoms with E-state index in [2.05, 4.69) is 16.0 Å². The summed E-state index contributed by atoms with van der Waals surface area (Å²) in [4.78, 5) is 83.8. The van der Waals surface area contributed by atoms with Crippen molar-refractivity contribution in [1.29, 1.82) is 0 Å². The van der Waals surface area contributed by atoms with Crippen molar-refractivity contribution < 1.29 is 43.0 Å². The lowest BCUT2D eigenvalue weighted by Crippen LogP contribution is -2.60. The zero-order chi connectivity index (χ0) is 44.3. The second-order valence-corrected chi connectivity index (χ2v) is 16.3. The van der Waals surface area contributed by atoms with E-state index >= 15 is 0 Å². The first-order chi connectivity index (χ1) is 29.9. The Morgan fingerprint density at radius 1 is 0.629 bits per heavy atom. The van der Waals surface area contributed by atoms with Gasteiger partial charge in [0.2, 0.25) is 17.7 Å². The Balaban J connectivity index is 1.33. The highest BCUT2D eigenvalue weighted by Gasteiger charge is 2.38. The van der Waals surface area contributed by atoms with Gasteiger partial charge < -0.3 is 35.1 Å². The molecule has 0 aromatic heterocycles. The third kappa shape index (κ3) is 15.2. The first-order valence-corrected chi connectivity index (χ1v) is 21.3. The summed E-state index contributed by atoms with van der Waals surface area (Å²) in [7, 11) is 0. The van der Waals surface area contributed by atoms with Crippen molar-refractivity contribution in [2.24, 2.45) is 0 Å². The number of hydrogen-bond donors (Lipinski definition) is 3. The van der Waals surface area contributed by atoms with Crippen molar-refractivity contribution in [1.82, 2.24) is 20.9 Å². The van der Waals surface area contributed by atoms with Crippen molar-refractivity contribution in [2.45, 2.75) is 109 Å². The normalized spacial score (nSPS) is 15.2. The molecule has 5 rings (SSSR count). The molecule has 13 heteroatoms. The van der Waals surface area contributed by atoms with Gasteiger partial charge >= 0.3 is 18.0 Å². The van der Waals surface area contributed by atoms with Gasteiger partial charge in [-0.3, -0.25) is 14.4 Å². The van der Waals surface area contributed by atoms with E-state index in [1.807, 2.05) is 91.0 Å². The van der Waals surface area contributed by atoms with Gasteiger partial charge in [-0.05, 0) is 88.1 Å². The van der Waals surface area contributed by atoms with Gasteiger partial charge in [0.1, 0.15) is 36.4 Å². The number of ether oxygens (including phenoxy) is 3. The molecule has 3 N–H and O–H groups in total. The third-order valence-corrected chi connectivity index (χ3v) is 10.2. The summed E-state index contributed by atoms with van der Waals surface area (Å²) in [5, 5.41) is 8.46. The SMILES string of the molecule is CC(C)(C)OC(=O)N[C@@H](CCCCOC(=O)c1ccccc1)C(=O)N[C@@H](Cc1ccccc1)C(=O)N[C@@H](Cc1ccccc1)C(=O)N1CCCC[C@@H]1C(=O)OCc1ccccc1. The molecule has 0 unspecified atom stereocenters. The first kappa shape index (κ1) is 46.6. The van der Waals surface area contributed by atoms with E-state index < -0.39 is 65.5 Å². The number of nitrogens with one attached hydrogen (secondary N) is 3. The fourth-order valence-electron chi connectivity index (χ4n) is 7.11. The maximum Gasteiger partial charge on any atom is 0.408 e. The van der Waals surface area contributed by atoms with Crippen LogP contribution in [-0.2, 0) is 52.8 Å². The lowest BCUT2D eigenvalue weighted by molar-refractivity contribution is -0.159. The Morgan fingerprint density at radius 2 is 1.16 bits per heavy atom. The molecule has 62 heavy (non-hydrogen) atoms. The minimum atomic E-state index is -1.18. The van der Waals surface area contributed by atoms with Crippen molar-refractivity contribution >= 4 is 35.8 Å². The van der Waals surface area contributed by atoms with Gasteiger partial charge in [0, 0.05) is 19.4 Å². The van der Waals surface area contributed by atoms with Gasteiger partial charge in [0.05, 0.1) is 12.2 Å². The number of benzene rings is 4. The largest absolute Gasteiger partial charge is 0.462 e. The number of carbonyl (C=O) groups is 6. The summed E-state index contributed by atoms with van der Waals surface area (Å²) in [5.41, 5.74) is 1.92. The highest BCUT2D eigenvalue weighted by atomic mass is 16.6. The molecule has 4 atom stereocenters. The van der Waals surface area contributed by atoms with Crippen molar-refractivity contribution in [3.05, 3.63) is 144 Å². The van der Waals surface area contributed by atoms with Gasteiger partial charge in [0.15, 0.2) is 0 Å². The van der Waals surface area contributed by atoms with Crippen LogP contribution >= 0.6 is 0 Å². The molecule has 0 spiro atoms. The second-order valence-electron chi connectivity index (χ2n) is 16.3. The maximum absolute atomic E-state index is 14.6. The minimum Gasteiger partial charge on any atom is -0.462 e. The molecule has 1 aliphatic heterocycles. The molecule has 4 aromatic rings. The molecule has 1 saturated heterocycles. The minimum absolute atomic E-state index is 0.0642. The van der Waals surface area contributed by atoms with E-state index in [0.717, 1.165) is 23.1 Å². The topological polar surface area (TPSA) is 169 Å². The lowest BCUT2D eigenvalue weighted by atomic mass is 9.98. The number of alkyl carbamates (subject to hydrolysis) is 1. The number of piperidine rings is 1. The average molecular weight is 847 g/mol. The number of rotatable bonds is 19. The molecule has 328 valence electrons. The number of likely N-dealkylation sites (tertiary alicyclic amines) is 1. The van der Waals surface area contributed by atoms with Crippen LogP contribution in [0.4, 0.5) is 4.79 Å². The molecule has 13 nitrogen and oxygen atoms in total. The number of esters is 2. The monoisotopic (exact) mass is 846 g/mol. The summed E-state index contributed by atoms with van der Waals surface area (Å²) in [5.74, 6) is -2.69. The molecule has 4 amide bonds. The number of carbonyl (C=O) groups excluding carboxylic acids is 6. The standard InChI is InChI=1S/C49H58N4O9/c1-49(2,3)62-48(59)52-39(28-17-19-31-60-46(57)38-26-14-7-15-27-38)43(54)50-40(32-35-20-8-4-9-21-35)44(55)51-41(33-36-22-10-5-11-23-36)45(56)53-30-18-16-29-42(53)47(58)61-34-37-24-12-6-13-25-37/h4-15,20-27,39-42H,16-19,28-34H2,1-3H3,(H,50,54)(H,51,55)(H,52,59)/t39-,40-,41-,42+/m0/s1. The van der Waals surface area contributed by atoms with E-state index in [9.17, 15) is 28.8 Å². The van der Waals surface area contributed by atoms with Crippen LogP contribution < -0.4 is 16.0 Å². The summed E-state index contributed by atoms with van der Waals surface area (Å²) in [6.45, 7) is 5.57. The summed E-state index contributed by atoms with van der Waals surface area (Å²) >= 11 is 0. The highest BCUT2D eigenvalue weighted by molar-refractivity contribution is 5.95. The molecule has 0 aliphatic carbocycles. The molecule has 1 fully saturated rings. The zero-order valence-corrected chi connectivity index (χ0v) is 35.8. The zero-order valence-electron chi connectivity index (χ0n) is 35.8. The van der Waals surface area contributed by atoms with E-state index in [1.54, 1.807) is 51.1 Å². The molecule has 1 heterocycles. The first-order valence-electron chi connectivity index (χ1n) is 21.3. The van der Waals surface area contributed by atoms with Crippen LogP contribution in [0.3, 0.4) is 0 Å². The molecule has 4 aromatic carbocycles. The van der Waals surface area contributed by atoms with Crippen LogP contribution in [0.25, 0.3) is 0 Å². The fraction of sp³-hybridized carbons (Fsp3) is 0.388. The quantitative estimate of drug-likeness (QED) is 0.0543. The average Bonchev–Trinajstić information content (AvgIpc) is 3.27. The van der Waals surface area contributed by atoms with E-state index in [1.165, 1.54) is 4.90 Å². The van der Waals surface area contributed by atoms with Gasteiger partial charge in [-0.25, -0.2) is 14.4 Å². The maximum atomic E-state index is 14.6. The number of nitrogens with zero attached hydrogens (tertiary/aromatic N) is 1. The van der Waals surface area contributed by atoms with Gasteiger partial charge in [-0.15, -0.1) is 0 Å². The van der Waals surface area contributed by atoms with Crippen LogP contribution in [0.1, 0.15) is 86.3 Å². The molecular weight excluding hydrogens is 789 g/mol. The summed E-state index contributed by atoms with van der Waals surface area (Å²) in [6.07, 6.45) is 2.11. The highest BCUT2D eigenvalue weighted by Crippen LogP contribution is 2.22. The van der Waals surface area contributed by atoms with Crippen molar-refractivity contribution in [2.75, 3.05) is 13.2 Å². The third-order valence-electron chi connectivity index (χ3n) is 10.2. The Kier molecular flexibility index (Phi) is 17.6. The Hall–Kier alpha value is -6.50. The Bertz CT molecular complexity index is 2060. The van der Waals surface area contributed by atoms with E-state index in [-0.39, 0.29) is 32.5 Å². The van der Waals surface area contributed by atoms with Crippen LogP contribution in [0.15, 0.2) is 121 Å².